The maximum Gasteiger partial charge on any atom is 0.144 e. The molecule has 0 spiro atoms. The van der Waals surface area contributed by atoms with Crippen LogP contribution in [-0.2, 0) is 0 Å². The summed E-state index contributed by atoms with van der Waals surface area (Å²) in [6.45, 7) is 0. The van der Waals surface area contributed by atoms with Crippen molar-refractivity contribution in [1.82, 2.24) is 0 Å². The molecule has 116 valence electrons. The van der Waals surface area contributed by atoms with Crippen molar-refractivity contribution >= 4 is 46.0 Å². The summed E-state index contributed by atoms with van der Waals surface area (Å²) in [5.74, 6) is 0.915. The van der Waals surface area contributed by atoms with E-state index >= 15 is 0 Å². The minimum Gasteiger partial charge on any atom is -0.495 e. The molecule has 0 unspecified atom stereocenters. The molecule has 0 fully saturated rings. The summed E-state index contributed by atoms with van der Waals surface area (Å²) in [5.41, 5.74) is 13.1. The van der Waals surface area contributed by atoms with E-state index in [1.165, 1.54) is 14.2 Å². The summed E-state index contributed by atoms with van der Waals surface area (Å²) in [6.07, 6.45) is 0. The molecule has 0 aliphatic rings. The zero-order chi connectivity index (χ0) is 16.3. The highest BCUT2D eigenvalue weighted by molar-refractivity contribution is 6.33. The quantitative estimate of drug-likeness (QED) is 0.628. The fourth-order valence-corrected chi connectivity index (χ4v) is 2.15. The van der Waals surface area contributed by atoms with Gasteiger partial charge in [-0.15, -0.1) is 10.2 Å². The Hall–Kier alpha value is -2.18. The number of anilines is 2. The average molecular weight is 341 g/mol. The molecule has 4 N–H and O–H groups in total. The number of azo groups is 1. The number of halogens is 2. The maximum absolute atomic E-state index is 6.08. The van der Waals surface area contributed by atoms with Gasteiger partial charge in [0.2, 0.25) is 0 Å². The molecule has 0 atom stereocenters. The molecule has 2 aromatic carbocycles. The number of ether oxygens (including phenoxy) is 2. The Morgan fingerprint density at radius 3 is 1.45 bits per heavy atom. The van der Waals surface area contributed by atoms with Gasteiger partial charge in [-0.3, -0.25) is 0 Å². The van der Waals surface area contributed by atoms with Crippen molar-refractivity contribution in [3.05, 3.63) is 34.3 Å². The number of benzene rings is 2. The fraction of sp³-hybridized carbons (Fsp3) is 0.143. The van der Waals surface area contributed by atoms with E-state index in [0.29, 0.717) is 44.3 Å². The van der Waals surface area contributed by atoms with Crippen LogP contribution in [0.1, 0.15) is 0 Å². The van der Waals surface area contributed by atoms with E-state index in [1.54, 1.807) is 24.3 Å². The number of nitrogens with two attached hydrogens (primary N) is 2. The van der Waals surface area contributed by atoms with Crippen molar-refractivity contribution in [2.75, 3.05) is 25.7 Å². The van der Waals surface area contributed by atoms with Gasteiger partial charge in [-0.1, -0.05) is 23.2 Å². The van der Waals surface area contributed by atoms with E-state index < -0.39 is 0 Å². The van der Waals surface area contributed by atoms with Gasteiger partial charge in [-0.05, 0) is 12.1 Å². The largest absolute Gasteiger partial charge is 0.495 e. The lowest BCUT2D eigenvalue weighted by molar-refractivity contribution is 0.417. The van der Waals surface area contributed by atoms with Crippen LogP contribution < -0.4 is 20.9 Å². The molecule has 0 heterocycles. The Labute approximate surface area is 137 Å². The second-order valence-corrected chi connectivity index (χ2v) is 5.11. The summed E-state index contributed by atoms with van der Waals surface area (Å²) in [7, 11) is 3.00. The fourth-order valence-electron chi connectivity index (χ4n) is 1.73. The molecule has 0 aliphatic heterocycles. The van der Waals surface area contributed by atoms with Crippen LogP contribution in [-0.4, -0.2) is 14.2 Å². The van der Waals surface area contributed by atoms with Gasteiger partial charge in [0, 0.05) is 12.1 Å². The van der Waals surface area contributed by atoms with Crippen molar-refractivity contribution in [2.45, 2.75) is 0 Å². The SMILES string of the molecule is COc1cc(N=Nc2cc(OC)c(N)cc2Cl)c(Cl)cc1N. The molecule has 0 aromatic heterocycles. The first-order valence-corrected chi connectivity index (χ1v) is 6.89. The number of rotatable bonds is 4. The van der Waals surface area contributed by atoms with E-state index in [2.05, 4.69) is 10.2 Å². The van der Waals surface area contributed by atoms with Gasteiger partial charge in [-0.2, -0.15) is 0 Å². The summed E-state index contributed by atoms with van der Waals surface area (Å²) in [4.78, 5) is 0. The Balaban J connectivity index is 2.41. The molecule has 0 amide bonds. The van der Waals surface area contributed by atoms with Crippen LogP contribution in [0.15, 0.2) is 34.5 Å². The number of hydrogen-bond acceptors (Lipinski definition) is 6. The molecule has 2 aromatic rings. The standard InChI is InChI=1S/C14H14Cl2N4O2/c1-21-13-5-11(7(15)3-9(13)17)19-20-12-6-14(22-2)10(18)4-8(12)16/h3-6H,17-18H2,1-2H3. The Kier molecular flexibility index (Phi) is 4.95. The third-order valence-electron chi connectivity index (χ3n) is 2.86. The molecule has 0 saturated carbocycles. The average Bonchev–Trinajstić information content (AvgIpc) is 2.48. The van der Waals surface area contributed by atoms with Crippen molar-refractivity contribution in [3.63, 3.8) is 0 Å². The maximum atomic E-state index is 6.08. The van der Waals surface area contributed by atoms with Gasteiger partial charge < -0.3 is 20.9 Å². The van der Waals surface area contributed by atoms with Gasteiger partial charge in [0.25, 0.3) is 0 Å². The van der Waals surface area contributed by atoms with Gasteiger partial charge in [0.05, 0.1) is 35.6 Å². The van der Waals surface area contributed by atoms with Crippen molar-refractivity contribution in [1.29, 1.82) is 0 Å². The van der Waals surface area contributed by atoms with Crippen LogP contribution in [0.3, 0.4) is 0 Å². The topological polar surface area (TPSA) is 95.2 Å². The minimum absolute atomic E-state index is 0.348. The molecule has 6 nitrogen and oxygen atoms in total. The van der Waals surface area contributed by atoms with Gasteiger partial charge in [-0.25, -0.2) is 0 Å². The molecule has 0 radical (unpaired) electrons. The minimum atomic E-state index is 0.348. The predicted octanol–water partition coefficient (Wildman–Crippen LogP) is 4.59. The van der Waals surface area contributed by atoms with Gasteiger partial charge in [0.1, 0.15) is 22.9 Å². The van der Waals surface area contributed by atoms with Crippen LogP contribution in [0, 0.1) is 0 Å². The van der Waals surface area contributed by atoms with Crippen LogP contribution in [0.4, 0.5) is 22.7 Å². The summed E-state index contributed by atoms with van der Waals surface area (Å²) < 4.78 is 10.2. The number of nitrogen functional groups attached to an aromatic ring is 2. The van der Waals surface area contributed by atoms with Crippen LogP contribution in [0.25, 0.3) is 0 Å². The smallest absolute Gasteiger partial charge is 0.144 e. The van der Waals surface area contributed by atoms with E-state index in [4.69, 9.17) is 44.1 Å². The van der Waals surface area contributed by atoms with E-state index in [1.807, 2.05) is 0 Å². The molecule has 0 saturated heterocycles. The highest BCUT2D eigenvalue weighted by Crippen LogP contribution is 2.38. The first-order valence-electron chi connectivity index (χ1n) is 6.14. The lowest BCUT2D eigenvalue weighted by Crippen LogP contribution is -1.92. The first kappa shape index (κ1) is 16.2. The Bertz CT molecular complexity index is 674. The zero-order valence-electron chi connectivity index (χ0n) is 11.9. The van der Waals surface area contributed by atoms with E-state index in [0.717, 1.165) is 0 Å². The van der Waals surface area contributed by atoms with Crippen LogP contribution in [0.5, 0.6) is 11.5 Å². The molecular weight excluding hydrogens is 327 g/mol. The summed E-state index contributed by atoms with van der Waals surface area (Å²) >= 11 is 12.2. The van der Waals surface area contributed by atoms with Crippen molar-refractivity contribution in [3.8, 4) is 11.5 Å². The number of methoxy groups -OCH3 is 2. The Morgan fingerprint density at radius 2 is 1.14 bits per heavy atom. The first-order chi connectivity index (χ1) is 10.5. The molecule has 22 heavy (non-hydrogen) atoms. The second-order valence-electron chi connectivity index (χ2n) is 4.29. The normalized spacial score (nSPS) is 10.9. The lowest BCUT2D eigenvalue weighted by Gasteiger charge is -2.07. The molecule has 8 heteroatoms. The molecule has 0 aliphatic carbocycles. The number of nitrogens with zero attached hydrogens (tertiary/aromatic N) is 2. The lowest BCUT2D eigenvalue weighted by atomic mass is 10.2. The Morgan fingerprint density at radius 1 is 0.773 bits per heavy atom. The predicted molar refractivity (Wildman–Crippen MR) is 89.0 cm³/mol. The molecule has 2 rings (SSSR count). The van der Waals surface area contributed by atoms with Gasteiger partial charge >= 0.3 is 0 Å². The van der Waals surface area contributed by atoms with Gasteiger partial charge in [0.15, 0.2) is 0 Å². The monoisotopic (exact) mass is 340 g/mol. The highest BCUT2D eigenvalue weighted by atomic mass is 35.5. The van der Waals surface area contributed by atoms with Crippen LogP contribution >= 0.6 is 23.2 Å². The molecule has 0 bridgehead atoms. The summed E-state index contributed by atoms with van der Waals surface area (Å²) in [6, 6.07) is 6.26. The third kappa shape index (κ3) is 3.35. The van der Waals surface area contributed by atoms with Crippen molar-refractivity contribution in [2.24, 2.45) is 10.2 Å². The van der Waals surface area contributed by atoms with E-state index in [-0.39, 0.29) is 0 Å². The van der Waals surface area contributed by atoms with Crippen LogP contribution in [0.2, 0.25) is 10.0 Å². The molecular formula is C14H14Cl2N4O2. The highest BCUT2D eigenvalue weighted by Gasteiger charge is 2.09. The zero-order valence-corrected chi connectivity index (χ0v) is 13.4. The summed E-state index contributed by atoms with van der Waals surface area (Å²) in [5, 5.41) is 8.83. The third-order valence-corrected chi connectivity index (χ3v) is 3.47. The van der Waals surface area contributed by atoms with Crippen molar-refractivity contribution < 1.29 is 9.47 Å². The van der Waals surface area contributed by atoms with E-state index in [9.17, 15) is 0 Å². The number of hydrogen-bond donors (Lipinski definition) is 2. The second kappa shape index (κ2) is 6.72.